The molecule has 12 heteroatoms. The van der Waals surface area contributed by atoms with Gasteiger partial charge in [0.15, 0.2) is 6.23 Å². The van der Waals surface area contributed by atoms with Crippen LogP contribution in [0.1, 0.15) is 32.4 Å². The topological polar surface area (TPSA) is 129 Å². The van der Waals surface area contributed by atoms with Gasteiger partial charge in [-0.2, -0.15) is 0 Å². The molecule has 1 aliphatic heterocycles. The van der Waals surface area contributed by atoms with Gasteiger partial charge in [0.2, 0.25) is 0 Å². The van der Waals surface area contributed by atoms with Crippen LogP contribution in [-0.4, -0.2) is 76.5 Å². The average molecular weight is 401 g/mol. The van der Waals surface area contributed by atoms with Gasteiger partial charge < -0.3 is 14.4 Å². The third-order valence-electron chi connectivity index (χ3n) is 3.75. The van der Waals surface area contributed by atoms with Crippen LogP contribution in [0.5, 0.6) is 0 Å². The number of aromatic nitrogens is 2. The van der Waals surface area contributed by atoms with E-state index in [1.807, 2.05) is 6.92 Å². The molecule has 1 radical (unpaired) electrons. The maximum Gasteiger partial charge on any atom is 0.472 e. The summed E-state index contributed by atoms with van der Waals surface area (Å²) in [6.45, 7) is 1.88. The Bertz CT molecular complexity index is 723. The summed E-state index contributed by atoms with van der Waals surface area (Å²) in [5, 5.41) is 0. The summed E-state index contributed by atoms with van der Waals surface area (Å²) in [6, 6.07) is 1.20. The molecule has 0 spiro atoms. The second-order valence-corrected chi connectivity index (χ2v) is 7.08. The van der Waals surface area contributed by atoms with Crippen LogP contribution in [0.25, 0.3) is 0 Å². The first-order valence-corrected chi connectivity index (χ1v) is 9.47. The molecule has 2 N–H and O–H groups in total. The number of aromatic amines is 1. The van der Waals surface area contributed by atoms with Crippen molar-refractivity contribution in [2.45, 2.75) is 44.6 Å². The van der Waals surface area contributed by atoms with Crippen molar-refractivity contribution in [1.82, 2.24) is 9.55 Å². The van der Waals surface area contributed by atoms with E-state index in [4.69, 9.17) is 18.5 Å². The summed E-state index contributed by atoms with van der Waals surface area (Å²) in [6.07, 6.45) is 1.32. The van der Waals surface area contributed by atoms with Crippen LogP contribution < -0.4 is 11.2 Å². The first-order chi connectivity index (χ1) is 11.9. The van der Waals surface area contributed by atoms with Gasteiger partial charge in [-0.25, -0.2) is 9.36 Å². The maximum absolute atomic E-state index is 11.9. The number of phosphoric ester groups is 1. The van der Waals surface area contributed by atoms with Gasteiger partial charge in [0.1, 0.15) is 6.10 Å². The molecule has 0 bridgehead atoms. The van der Waals surface area contributed by atoms with E-state index in [0.717, 1.165) is 6.42 Å². The molecule has 10 nitrogen and oxygen atoms in total. The Morgan fingerprint density at radius 3 is 2.77 bits per heavy atom. The minimum Gasteiger partial charge on any atom is -0.377 e. The van der Waals surface area contributed by atoms with Crippen molar-refractivity contribution in [3.63, 3.8) is 0 Å². The van der Waals surface area contributed by atoms with E-state index in [-0.39, 0.29) is 42.8 Å². The number of unbranched alkanes of at least 4 members (excludes halogenated alkanes) is 1. The summed E-state index contributed by atoms with van der Waals surface area (Å²) in [4.78, 5) is 34.8. The van der Waals surface area contributed by atoms with Crippen LogP contribution in [0.15, 0.2) is 21.9 Å². The monoisotopic (exact) mass is 401 g/mol. The summed E-state index contributed by atoms with van der Waals surface area (Å²) >= 11 is 0. The van der Waals surface area contributed by atoms with Crippen molar-refractivity contribution in [3.05, 3.63) is 33.1 Å². The largest absolute Gasteiger partial charge is 0.472 e. The zero-order chi connectivity index (χ0) is 18.4. The molecule has 143 valence electrons. The smallest absolute Gasteiger partial charge is 0.377 e. The molecule has 1 unspecified atom stereocenters. The fraction of sp³-hybridized carbons (Fsp3) is 0.714. The van der Waals surface area contributed by atoms with E-state index in [2.05, 4.69) is 4.98 Å². The van der Waals surface area contributed by atoms with Gasteiger partial charge in [-0.15, -0.1) is 0 Å². The van der Waals surface area contributed by atoms with Crippen molar-refractivity contribution in [3.8, 4) is 0 Å². The van der Waals surface area contributed by atoms with E-state index in [1.165, 1.54) is 23.9 Å². The van der Waals surface area contributed by atoms with Crippen LogP contribution in [0.3, 0.4) is 0 Å². The SMILES string of the molecule is CCCCOP(=O)(O)OC[C@H]1C[C@@H](OC)[C@H](n2ccc(=O)[nH]c2=O)O1.[Na]. The third-order valence-corrected chi connectivity index (χ3v) is 4.73. The third kappa shape index (κ3) is 6.70. The van der Waals surface area contributed by atoms with E-state index in [9.17, 15) is 19.0 Å². The van der Waals surface area contributed by atoms with Gasteiger partial charge in [0, 0.05) is 55.4 Å². The molecule has 0 aliphatic carbocycles. The molecule has 1 aromatic rings. The number of phosphoric acid groups is 1. The molecular formula is C14H23N2NaO8P. The average Bonchev–Trinajstić information content (AvgIpc) is 2.96. The van der Waals surface area contributed by atoms with E-state index >= 15 is 0 Å². The zero-order valence-corrected chi connectivity index (χ0v) is 18.0. The van der Waals surface area contributed by atoms with Crippen LogP contribution in [-0.2, 0) is 23.1 Å². The Morgan fingerprint density at radius 2 is 2.15 bits per heavy atom. The van der Waals surface area contributed by atoms with E-state index in [1.54, 1.807) is 0 Å². The molecule has 1 aromatic heterocycles. The maximum atomic E-state index is 11.9. The second kappa shape index (κ2) is 10.9. The van der Waals surface area contributed by atoms with Gasteiger partial charge in [0.25, 0.3) is 5.56 Å². The molecular weight excluding hydrogens is 378 g/mol. The number of methoxy groups -OCH3 is 1. The predicted octanol–water partition coefficient (Wildman–Crippen LogP) is 0.392. The minimum atomic E-state index is -4.15. The second-order valence-electron chi connectivity index (χ2n) is 5.63. The van der Waals surface area contributed by atoms with Gasteiger partial charge in [0.05, 0.1) is 19.3 Å². The molecule has 2 heterocycles. The Kier molecular flexibility index (Phi) is 9.95. The van der Waals surface area contributed by atoms with Gasteiger partial charge in [-0.05, 0) is 6.42 Å². The fourth-order valence-corrected chi connectivity index (χ4v) is 3.24. The summed E-state index contributed by atoms with van der Waals surface area (Å²) in [5.74, 6) is 0. The molecule has 0 aromatic carbocycles. The summed E-state index contributed by atoms with van der Waals surface area (Å²) in [5.41, 5.74) is -1.14. The Hall–Kier alpha value is -0.290. The number of H-pyrrole nitrogens is 1. The molecule has 4 atom stereocenters. The minimum absolute atomic E-state index is 0. The predicted molar refractivity (Wildman–Crippen MR) is 93.0 cm³/mol. The molecule has 1 aliphatic rings. The Morgan fingerprint density at radius 1 is 1.42 bits per heavy atom. The number of nitrogens with one attached hydrogen (secondary N) is 1. The van der Waals surface area contributed by atoms with Gasteiger partial charge >= 0.3 is 13.5 Å². The van der Waals surface area contributed by atoms with Gasteiger partial charge in [-0.3, -0.25) is 23.4 Å². The van der Waals surface area contributed by atoms with Crippen molar-refractivity contribution in [2.24, 2.45) is 0 Å². The van der Waals surface area contributed by atoms with Gasteiger partial charge in [-0.1, -0.05) is 13.3 Å². The molecule has 0 saturated carbocycles. The quantitative estimate of drug-likeness (QED) is 0.345. The van der Waals surface area contributed by atoms with Crippen molar-refractivity contribution < 1.29 is 28.0 Å². The molecule has 1 saturated heterocycles. The molecule has 2 rings (SSSR count). The summed E-state index contributed by atoms with van der Waals surface area (Å²) in [7, 11) is -2.68. The van der Waals surface area contributed by atoms with Crippen LogP contribution in [0.4, 0.5) is 0 Å². The fourth-order valence-electron chi connectivity index (χ4n) is 2.45. The van der Waals surface area contributed by atoms with Crippen molar-refractivity contribution >= 4 is 37.4 Å². The van der Waals surface area contributed by atoms with Crippen LogP contribution in [0, 0.1) is 0 Å². The standard InChI is InChI=1S/C14H23N2O8P.Na/c1-3-4-7-22-25(19,20)23-9-10-8-11(21-2)13(24-10)16-6-5-12(17)15-14(16)18;/h5-6,10-11,13H,3-4,7-9H2,1-2H3,(H,19,20)(H,15,17,18);/t10-,11-,13-;/m1./s1. The normalized spacial score (nSPS) is 24.8. The van der Waals surface area contributed by atoms with Crippen molar-refractivity contribution in [1.29, 1.82) is 0 Å². The van der Waals surface area contributed by atoms with E-state index in [0.29, 0.717) is 12.8 Å². The Labute approximate surface area is 172 Å². The van der Waals surface area contributed by atoms with Crippen molar-refractivity contribution in [2.75, 3.05) is 20.3 Å². The molecule has 0 amide bonds. The van der Waals surface area contributed by atoms with Crippen LogP contribution in [0.2, 0.25) is 0 Å². The molecule has 26 heavy (non-hydrogen) atoms. The molecule has 1 fully saturated rings. The summed E-state index contributed by atoms with van der Waals surface area (Å²) < 4.78 is 33.8. The number of hydrogen-bond acceptors (Lipinski definition) is 7. The number of rotatable bonds is 9. The van der Waals surface area contributed by atoms with E-state index < -0.39 is 37.5 Å². The number of hydrogen-bond donors (Lipinski definition) is 2. The number of nitrogens with zero attached hydrogens (tertiary/aromatic N) is 1. The Balaban J connectivity index is 0.00000338. The zero-order valence-electron chi connectivity index (χ0n) is 15.1. The number of ether oxygens (including phenoxy) is 2. The first-order valence-electron chi connectivity index (χ1n) is 7.98. The van der Waals surface area contributed by atoms with Crippen LogP contribution >= 0.6 is 7.82 Å². The first kappa shape index (κ1) is 23.7.